The van der Waals surface area contributed by atoms with Crippen molar-refractivity contribution in [2.45, 2.75) is 115 Å². The summed E-state index contributed by atoms with van der Waals surface area (Å²) in [5, 5.41) is 4.43. The first-order valence-electron chi connectivity index (χ1n) is 29.2. The van der Waals surface area contributed by atoms with Gasteiger partial charge in [0.1, 0.15) is 5.78 Å². The molecule has 456 valence electrons. The minimum Gasteiger partial charge on any atom is -0.361 e. The number of halogens is 8. The van der Waals surface area contributed by atoms with Gasteiger partial charge in [-0.1, -0.05) is 150 Å². The Morgan fingerprint density at radius 3 is 1.15 bits per heavy atom. The highest BCUT2D eigenvalue weighted by atomic mass is 79.9. The van der Waals surface area contributed by atoms with E-state index >= 15 is 0 Å². The number of H-pyrrole nitrogens is 4. The largest absolute Gasteiger partial charge is 0.449 e. The highest BCUT2D eigenvalue weighted by Crippen LogP contribution is 2.38. The van der Waals surface area contributed by atoms with E-state index in [0.717, 1.165) is 85.8 Å². The maximum absolute atomic E-state index is 12.5. The number of nitrogens with one attached hydrogen (secondary N) is 4. The summed E-state index contributed by atoms with van der Waals surface area (Å²) in [6, 6.07) is 45.3. The first kappa shape index (κ1) is 67.4. The van der Waals surface area contributed by atoms with Gasteiger partial charge in [0.05, 0.1) is 0 Å². The molecule has 0 saturated carbocycles. The van der Waals surface area contributed by atoms with E-state index < -0.39 is 24.3 Å². The number of carbonyl (C=O) groups excluding carboxylic acids is 4. The zero-order valence-corrected chi connectivity index (χ0v) is 57.0. The summed E-state index contributed by atoms with van der Waals surface area (Å²) in [4.78, 5) is 65.7. The van der Waals surface area contributed by atoms with E-state index in [1.54, 1.807) is 31.6 Å². The van der Waals surface area contributed by atoms with E-state index in [1.807, 2.05) is 109 Å². The highest BCUT2D eigenvalue weighted by Gasteiger charge is 2.39. The summed E-state index contributed by atoms with van der Waals surface area (Å²) < 4.78 is 42.3. The Morgan fingerprint density at radius 1 is 0.432 bits per heavy atom. The molecule has 88 heavy (non-hydrogen) atoms. The molecule has 4 atom stereocenters. The van der Waals surface area contributed by atoms with Gasteiger partial charge >= 0.3 is 6.18 Å². The van der Waals surface area contributed by atoms with Crippen molar-refractivity contribution >= 4 is 146 Å². The van der Waals surface area contributed by atoms with Crippen molar-refractivity contribution in [3.63, 3.8) is 0 Å². The van der Waals surface area contributed by atoms with Gasteiger partial charge in [0.25, 0.3) is 0 Å². The number of fused-ring (bicyclic) bond motifs is 4. The molecule has 0 fully saturated rings. The van der Waals surface area contributed by atoms with E-state index in [2.05, 4.69) is 168 Å². The lowest BCUT2D eigenvalue weighted by Crippen LogP contribution is -2.24. The van der Waals surface area contributed by atoms with E-state index in [0.29, 0.717) is 37.7 Å². The van der Waals surface area contributed by atoms with Gasteiger partial charge < -0.3 is 19.9 Å². The second-order valence-electron chi connectivity index (χ2n) is 21.7. The smallest absolute Gasteiger partial charge is 0.361 e. The molecule has 9 nitrogen and oxygen atoms in total. The monoisotopic (exact) mass is 1510 g/mol. The number of pyridine rings is 1. The molecule has 0 aliphatic carbocycles. The summed E-state index contributed by atoms with van der Waals surface area (Å²) in [7, 11) is 0. The molecule has 0 spiro atoms. The van der Waals surface area contributed by atoms with Gasteiger partial charge in [-0.25, -0.2) is 0 Å². The first-order valence-corrected chi connectivity index (χ1v) is 33.2. The Morgan fingerprint density at radius 2 is 0.784 bits per heavy atom. The van der Waals surface area contributed by atoms with Crippen molar-refractivity contribution in [3.8, 4) is 0 Å². The van der Waals surface area contributed by atoms with Gasteiger partial charge in [-0.15, -0.1) is 0 Å². The lowest BCUT2D eigenvalue weighted by molar-refractivity contribution is -0.171. The molecule has 0 aliphatic heterocycles. The number of aromatic nitrogens is 5. The molecule has 5 aromatic heterocycles. The van der Waals surface area contributed by atoms with Crippen LogP contribution >= 0.6 is 79.6 Å². The van der Waals surface area contributed by atoms with Gasteiger partial charge in [0.2, 0.25) is 5.78 Å². The average molecular weight is 1510 g/mol. The third-order valence-corrected chi connectivity index (χ3v) is 18.4. The average Bonchev–Trinajstić information content (AvgIpc) is 3.10. The van der Waals surface area contributed by atoms with Crippen LogP contribution in [-0.4, -0.2) is 54.2 Å². The van der Waals surface area contributed by atoms with Gasteiger partial charge in [0.15, 0.2) is 11.6 Å². The highest BCUT2D eigenvalue weighted by molar-refractivity contribution is 9.11. The molecule has 0 radical (unpaired) electrons. The number of ketones is 4. The van der Waals surface area contributed by atoms with E-state index in [1.165, 1.54) is 32.8 Å². The molecule has 4 unspecified atom stereocenters. The molecule has 11 rings (SSSR count). The number of hydrogen-bond donors (Lipinski definition) is 4. The van der Waals surface area contributed by atoms with Crippen molar-refractivity contribution in [1.82, 2.24) is 24.9 Å². The molecule has 6 aromatic carbocycles. The van der Waals surface area contributed by atoms with Crippen molar-refractivity contribution in [2.24, 2.45) is 0 Å². The number of alkyl halides is 3. The molecule has 0 saturated heterocycles. The van der Waals surface area contributed by atoms with Gasteiger partial charge in [-0.05, 0) is 174 Å². The Balaban J connectivity index is 0.000000152. The molecule has 11 aromatic rings. The number of aromatic amines is 4. The van der Waals surface area contributed by atoms with Crippen molar-refractivity contribution in [1.29, 1.82) is 0 Å². The molecule has 4 N–H and O–H groups in total. The summed E-state index contributed by atoms with van der Waals surface area (Å²) in [6.07, 6.45) is 11.3. The maximum atomic E-state index is 12.5. The molecular formula is C71H67Br5F3N5O4. The van der Waals surface area contributed by atoms with Crippen molar-refractivity contribution in [3.05, 3.63) is 238 Å². The summed E-state index contributed by atoms with van der Waals surface area (Å²) in [6.45, 7) is 8.19. The van der Waals surface area contributed by atoms with Crippen LogP contribution in [-0.2, 0) is 16.0 Å². The van der Waals surface area contributed by atoms with Crippen molar-refractivity contribution < 1.29 is 32.3 Å². The number of carbonyl (C=O) groups is 4. The van der Waals surface area contributed by atoms with Gasteiger partial charge in [-0.2, -0.15) is 13.2 Å². The molecule has 5 heterocycles. The maximum Gasteiger partial charge on any atom is 0.449 e. The lowest BCUT2D eigenvalue weighted by atomic mass is 9.89. The van der Waals surface area contributed by atoms with Gasteiger partial charge in [-0.3, -0.25) is 24.2 Å². The summed E-state index contributed by atoms with van der Waals surface area (Å²) in [5.74, 6) is -0.794. The number of hydrogen-bond acceptors (Lipinski definition) is 5. The standard InChI is InChI=1S/C20H19Br2NO.C19H18BrNO.C18H17BrN2O.C14H13BrF3NO/c1-2-14(10-17(24)9-13-3-5-15(21)6-4-13)19-12-23-20-8-7-16(22)11-18(19)20;1-2-13(10-19(22)14-6-4-3-5-7-14)17-12-21-18-9-8-15(20)11-16(17)18;1-2-12(8-18(22)13-4-3-7-20-10-13)16-11-21-17-6-5-14(19)9-15(16)17;1-2-8(5-13(20)14(16,17)18)11-7-19-12-4-3-9(15)6-10(11)12/h3-8,11-12,14,23H,2,9-10H2,1H3;3-9,11-13,21H,2,10H2,1H3;3-7,9-12,21H,2,8H2,1H3;3-4,6-8,19H,2,5H2,1H3. The third-order valence-electron chi connectivity index (χ3n) is 15.9. The van der Waals surface area contributed by atoms with Crippen LogP contribution < -0.4 is 0 Å². The Hall–Kier alpha value is -6.50. The normalized spacial score (nSPS) is 12.7. The zero-order valence-electron chi connectivity index (χ0n) is 49.0. The number of Topliss-reactive ketones (excluding diaryl/α,β-unsaturated/α-hetero) is 4. The van der Waals surface area contributed by atoms with Crippen LogP contribution in [0.4, 0.5) is 13.2 Å². The van der Waals surface area contributed by atoms with Crippen LogP contribution in [0.15, 0.2) is 199 Å². The summed E-state index contributed by atoms with van der Waals surface area (Å²) in [5.41, 5.74) is 11.1. The number of rotatable bonds is 20. The number of benzene rings is 6. The first-order chi connectivity index (χ1) is 42.3. The van der Waals surface area contributed by atoms with Crippen molar-refractivity contribution in [2.75, 3.05) is 0 Å². The molecule has 0 bridgehead atoms. The fourth-order valence-electron chi connectivity index (χ4n) is 11.1. The fourth-order valence-corrected chi connectivity index (χ4v) is 12.8. The molecule has 17 heteroatoms. The molecular weight excluding hydrogens is 1440 g/mol. The van der Waals surface area contributed by atoms with Crippen LogP contribution in [0.5, 0.6) is 0 Å². The second kappa shape index (κ2) is 31.8. The SMILES string of the molecule is CCC(CC(=O)C(F)(F)F)c1c[nH]c2ccc(Br)cc12.CCC(CC(=O)Cc1ccc(Br)cc1)c1c[nH]c2ccc(Br)cc12.CCC(CC(=O)c1ccccc1)c1c[nH]c2ccc(Br)cc12.CCC(CC(=O)c1cccnc1)c1c[nH]c2ccc(Br)cc12. The Labute approximate surface area is 552 Å². The quantitative estimate of drug-likeness (QED) is 0.0562. The van der Waals surface area contributed by atoms with Crippen LogP contribution in [0, 0.1) is 0 Å². The summed E-state index contributed by atoms with van der Waals surface area (Å²) >= 11 is 17.4. The predicted molar refractivity (Wildman–Crippen MR) is 368 cm³/mol. The number of nitrogens with zero attached hydrogens (tertiary/aromatic N) is 1. The predicted octanol–water partition coefficient (Wildman–Crippen LogP) is 22.1. The van der Waals surface area contributed by atoms with E-state index in [-0.39, 0.29) is 35.1 Å². The Kier molecular flexibility index (Phi) is 24.4. The third kappa shape index (κ3) is 17.9. The lowest BCUT2D eigenvalue weighted by Gasteiger charge is -2.14. The fraction of sp³-hybridized carbons (Fsp3) is 0.254. The van der Waals surface area contributed by atoms with Crippen LogP contribution in [0.1, 0.15) is 151 Å². The van der Waals surface area contributed by atoms with Gasteiger partial charge in [0, 0.05) is 146 Å². The van der Waals surface area contributed by atoms with Crippen LogP contribution in [0.25, 0.3) is 43.6 Å². The molecule has 0 amide bonds. The van der Waals surface area contributed by atoms with E-state index in [4.69, 9.17) is 0 Å². The second-order valence-corrected chi connectivity index (χ2v) is 26.3. The Bertz CT molecular complexity index is 4000. The minimum atomic E-state index is -4.76. The van der Waals surface area contributed by atoms with Crippen LogP contribution in [0.2, 0.25) is 0 Å². The molecule has 0 aliphatic rings. The zero-order chi connectivity index (χ0) is 63.1. The minimum absolute atomic E-state index is 0.143. The van der Waals surface area contributed by atoms with Crippen LogP contribution in [0.3, 0.4) is 0 Å². The topological polar surface area (TPSA) is 144 Å². The van der Waals surface area contributed by atoms with E-state index in [9.17, 15) is 32.3 Å².